The molecule has 8 heteroatoms. The largest absolute Gasteiger partial charge is 0.384 e. The number of fused-ring (bicyclic) bond motifs is 2. The Labute approximate surface area is 216 Å². The maximum Gasteiger partial charge on any atom is 0.268 e. The van der Waals surface area contributed by atoms with Crippen LogP contribution in [-0.4, -0.2) is 41.7 Å². The van der Waals surface area contributed by atoms with Gasteiger partial charge in [0, 0.05) is 41.3 Å². The molecule has 8 nitrogen and oxygen atoms in total. The zero-order valence-electron chi connectivity index (χ0n) is 21.1. The molecule has 5 rings (SSSR count). The number of nitrogens with two attached hydrogens (primary N) is 3. The number of amidine groups is 1. The highest BCUT2D eigenvalue weighted by molar-refractivity contribution is 6.03. The molecule has 1 heterocycles. The molecule has 1 amide bonds. The number of benzene rings is 3. The molecule has 0 bridgehead atoms. The lowest BCUT2D eigenvalue weighted by Crippen LogP contribution is -2.41. The maximum atomic E-state index is 13.5. The van der Waals surface area contributed by atoms with Crippen molar-refractivity contribution in [1.29, 1.82) is 10.8 Å². The van der Waals surface area contributed by atoms with E-state index in [1.807, 2.05) is 59.2 Å². The molecular formula is C29H35N7O. The topological polar surface area (TPSA) is 160 Å². The lowest BCUT2D eigenvalue weighted by atomic mass is 9.92. The van der Waals surface area contributed by atoms with Crippen LogP contribution in [0.4, 0.5) is 0 Å². The van der Waals surface area contributed by atoms with E-state index in [0.29, 0.717) is 17.8 Å². The SMILES string of the molecule is CN.N=Cc1ccc(Cn2c(C(=O)NC3CCC(N)CC3)cc3ccc(C(=N)N)cc32)c2ccccc12. The normalized spacial score (nSPS) is 17.2. The third-order valence-corrected chi connectivity index (χ3v) is 7.09. The fourth-order valence-corrected chi connectivity index (χ4v) is 5.12. The summed E-state index contributed by atoms with van der Waals surface area (Å²) in [5.74, 6) is -0.114. The Hall–Kier alpha value is -4.01. The number of nitrogen functional groups attached to an aromatic ring is 1. The van der Waals surface area contributed by atoms with Crippen LogP contribution in [0.2, 0.25) is 0 Å². The van der Waals surface area contributed by atoms with Crippen LogP contribution in [0.1, 0.15) is 52.9 Å². The molecule has 0 unspecified atom stereocenters. The Balaban J connectivity index is 0.00000156. The van der Waals surface area contributed by atoms with Crippen LogP contribution in [0.25, 0.3) is 21.7 Å². The van der Waals surface area contributed by atoms with Gasteiger partial charge in [0.25, 0.3) is 5.91 Å². The molecule has 1 aromatic heterocycles. The molecule has 1 fully saturated rings. The van der Waals surface area contributed by atoms with E-state index < -0.39 is 0 Å². The zero-order valence-corrected chi connectivity index (χ0v) is 21.1. The van der Waals surface area contributed by atoms with Gasteiger partial charge in [-0.1, -0.05) is 48.5 Å². The molecule has 0 spiro atoms. The zero-order chi connectivity index (χ0) is 26.5. The van der Waals surface area contributed by atoms with E-state index in [1.165, 1.54) is 13.3 Å². The molecule has 0 radical (unpaired) electrons. The van der Waals surface area contributed by atoms with Gasteiger partial charge < -0.3 is 32.5 Å². The quantitative estimate of drug-likeness (QED) is 0.177. The van der Waals surface area contributed by atoms with Crippen molar-refractivity contribution in [3.05, 3.63) is 83.0 Å². The first-order valence-corrected chi connectivity index (χ1v) is 12.6. The average Bonchev–Trinajstić information content (AvgIpc) is 3.29. The molecule has 0 atom stereocenters. The predicted octanol–water partition coefficient (Wildman–Crippen LogP) is 3.70. The standard InChI is InChI=1S/C28H30N6O.CH5N/c29-15-19-7-8-20(24-4-2-1-3-23(19)24)16-34-25-14-18(27(31)32)6-5-17(25)13-26(34)28(35)33-22-11-9-21(30)10-12-22;1-2/h1-8,13-15,21-22,29H,9-12,16,30H2,(H3,31,32)(H,33,35);2H2,1H3. The van der Waals surface area contributed by atoms with Gasteiger partial charge >= 0.3 is 0 Å². The van der Waals surface area contributed by atoms with Gasteiger partial charge in [-0.15, -0.1) is 0 Å². The predicted molar refractivity (Wildman–Crippen MR) is 152 cm³/mol. The second kappa shape index (κ2) is 11.4. The number of carbonyl (C=O) groups excluding carboxylic acids is 1. The molecular weight excluding hydrogens is 462 g/mol. The van der Waals surface area contributed by atoms with Gasteiger partial charge in [-0.2, -0.15) is 0 Å². The third-order valence-electron chi connectivity index (χ3n) is 7.09. The van der Waals surface area contributed by atoms with Crippen LogP contribution in [0.15, 0.2) is 60.7 Å². The number of amides is 1. The van der Waals surface area contributed by atoms with E-state index in [0.717, 1.165) is 58.5 Å². The molecule has 3 aromatic carbocycles. The average molecular weight is 498 g/mol. The number of hydrogen-bond donors (Lipinski definition) is 6. The van der Waals surface area contributed by atoms with E-state index in [4.69, 9.17) is 22.3 Å². The first kappa shape index (κ1) is 26.1. The van der Waals surface area contributed by atoms with Crippen molar-refractivity contribution in [2.75, 3.05) is 7.05 Å². The lowest BCUT2D eigenvalue weighted by molar-refractivity contribution is 0.0917. The fraction of sp³-hybridized carbons (Fsp3) is 0.276. The van der Waals surface area contributed by atoms with E-state index in [2.05, 4.69) is 17.1 Å². The molecule has 9 N–H and O–H groups in total. The summed E-state index contributed by atoms with van der Waals surface area (Å²) in [6.45, 7) is 0.474. The van der Waals surface area contributed by atoms with Crippen molar-refractivity contribution in [2.24, 2.45) is 17.2 Å². The first-order chi connectivity index (χ1) is 17.9. The van der Waals surface area contributed by atoms with Crippen LogP contribution in [-0.2, 0) is 6.54 Å². The Morgan fingerprint density at radius 2 is 1.73 bits per heavy atom. The summed E-state index contributed by atoms with van der Waals surface area (Å²) < 4.78 is 2.01. The highest BCUT2D eigenvalue weighted by atomic mass is 16.2. The molecule has 1 aliphatic carbocycles. The molecule has 37 heavy (non-hydrogen) atoms. The molecule has 1 aliphatic rings. The van der Waals surface area contributed by atoms with Crippen molar-refractivity contribution in [3.63, 3.8) is 0 Å². The van der Waals surface area contributed by atoms with Crippen LogP contribution >= 0.6 is 0 Å². The number of aromatic nitrogens is 1. The van der Waals surface area contributed by atoms with Gasteiger partial charge in [-0.05, 0) is 66.8 Å². The summed E-state index contributed by atoms with van der Waals surface area (Å²) in [5.41, 5.74) is 20.3. The van der Waals surface area contributed by atoms with Gasteiger partial charge in [-0.3, -0.25) is 10.2 Å². The lowest BCUT2D eigenvalue weighted by Gasteiger charge is -2.27. The summed E-state index contributed by atoms with van der Waals surface area (Å²) in [5, 5.41) is 21.9. The van der Waals surface area contributed by atoms with E-state index in [-0.39, 0.29) is 23.8 Å². The van der Waals surface area contributed by atoms with Gasteiger partial charge in [-0.25, -0.2) is 0 Å². The minimum absolute atomic E-state index is 0.00928. The van der Waals surface area contributed by atoms with Crippen LogP contribution in [0.3, 0.4) is 0 Å². The summed E-state index contributed by atoms with van der Waals surface area (Å²) in [6, 6.07) is 19.8. The number of nitrogens with zero attached hydrogens (tertiary/aromatic N) is 1. The van der Waals surface area contributed by atoms with E-state index >= 15 is 0 Å². The molecule has 4 aromatic rings. The molecule has 0 saturated heterocycles. The van der Waals surface area contributed by atoms with Gasteiger partial charge in [0.05, 0.1) is 0 Å². The Morgan fingerprint density at radius 1 is 1.03 bits per heavy atom. The Morgan fingerprint density at radius 3 is 2.41 bits per heavy atom. The van der Waals surface area contributed by atoms with Crippen LogP contribution < -0.4 is 22.5 Å². The Kier molecular flexibility index (Phi) is 8.01. The number of carbonyl (C=O) groups is 1. The van der Waals surface area contributed by atoms with E-state index in [9.17, 15) is 4.79 Å². The highest BCUT2D eigenvalue weighted by Crippen LogP contribution is 2.28. The van der Waals surface area contributed by atoms with Crippen LogP contribution in [0, 0.1) is 10.8 Å². The Bertz CT molecular complexity index is 1450. The second-order valence-corrected chi connectivity index (χ2v) is 9.39. The van der Waals surface area contributed by atoms with Crippen molar-refractivity contribution >= 4 is 39.6 Å². The fourth-order valence-electron chi connectivity index (χ4n) is 5.12. The van der Waals surface area contributed by atoms with E-state index in [1.54, 1.807) is 0 Å². The monoisotopic (exact) mass is 497 g/mol. The smallest absolute Gasteiger partial charge is 0.268 e. The van der Waals surface area contributed by atoms with Crippen molar-refractivity contribution in [2.45, 2.75) is 44.3 Å². The number of hydrogen-bond acceptors (Lipinski definition) is 5. The van der Waals surface area contributed by atoms with Crippen molar-refractivity contribution < 1.29 is 4.79 Å². The molecule has 0 aliphatic heterocycles. The molecule has 1 saturated carbocycles. The summed E-state index contributed by atoms with van der Waals surface area (Å²) >= 11 is 0. The van der Waals surface area contributed by atoms with Crippen molar-refractivity contribution in [3.8, 4) is 0 Å². The number of rotatable bonds is 6. The number of nitrogens with one attached hydrogen (secondary N) is 3. The third kappa shape index (κ3) is 5.40. The summed E-state index contributed by atoms with van der Waals surface area (Å²) in [6.07, 6.45) is 4.97. The molecule has 192 valence electrons. The summed E-state index contributed by atoms with van der Waals surface area (Å²) in [4.78, 5) is 13.5. The highest BCUT2D eigenvalue weighted by Gasteiger charge is 2.23. The van der Waals surface area contributed by atoms with Crippen LogP contribution in [0.5, 0.6) is 0 Å². The minimum Gasteiger partial charge on any atom is -0.384 e. The van der Waals surface area contributed by atoms with Crippen molar-refractivity contribution in [1.82, 2.24) is 9.88 Å². The second-order valence-electron chi connectivity index (χ2n) is 9.39. The van der Waals surface area contributed by atoms with Gasteiger partial charge in [0.15, 0.2) is 0 Å². The van der Waals surface area contributed by atoms with Gasteiger partial charge in [0.1, 0.15) is 11.5 Å². The first-order valence-electron chi connectivity index (χ1n) is 12.6. The summed E-state index contributed by atoms with van der Waals surface area (Å²) in [7, 11) is 1.50. The minimum atomic E-state index is -0.105. The maximum absolute atomic E-state index is 13.5. The van der Waals surface area contributed by atoms with Gasteiger partial charge in [0.2, 0.25) is 0 Å².